The Labute approximate surface area is 212 Å². The summed E-state index contributed by atoms with van der Waals surface area (Å²) >= 11 is 0. The van der Waals surface area contributed by atoms with Gasteiger partial charge in [0.25, 0.3) is 6.54 Å². The SMILES string of the molecule is C[C@H]([NH+]=C(O)C[n+]1ccc(-c2cc[n+](CC([O-])=N[C@H](C)c3ccccc3)cc2)cc1)c1ccccc1. The van der Waals surface area contributed by atoms with Crippen molar-refractivity contribution in [1.82, 2.24) is 0 Å². The van der Waals surface area contributed by atoms with Crippen LogP contribution in [-0.2, 0) is 13.1 Å². The van der Waals surface area contributed by atoms with E-state index in [1.807, 2.05) is 133 Å². The molecule has 4 rings (SSSR count). The molecule has 0 saturated heterocycles. The van der Waals surface area contributed by atoms with Gasteiger partial charge >= 0.3 is 5.90 Å². The lowest BCUT2D eigenvalue weighted by Crippen LogP contribution is -2.75. The van der Waals surface area contributed by atoms with Crippen molar-refractivity contribution >= 4 is 11.8 Å². The van der Waals surface area contributed by atoms with Crippen LogP contribution in [0.4, 0.5) is 0 Å². The molecule has 36 heavy (non-hydrogen) atoms. The average molecular weight is 481 g/mol. The van der Waals surface area contributed by atoms with Gasteiger partial charge in [-0.05, 0) is 23.6 Å². The number of pyridine rings is 2. The molecule has 0 unspecified atom stereocenters. The second-order valence-electron chi connectivity index (χ2n) is 8.85. The summed E-state index contributed by atoms with van der Waals surface area (Å²) in [5.74, 6) is 0.0534. The predicted molar refractivity (Wildman–Crippen MR) is 138 cm³/mol. The molecule has 2 aromatic carbocycles. The lowest BCUT2D eigenvalue weighted by atomic mass is 10.1. The summed E-state index contributed by atoms with van der Waals surface area (Å²) in [5.41, 5.74) is 4.24. The predicted octanol–water partition coefficient (Wildman–Crippen LogP) is 2.25. The smallest absolute Gasteiger partial charge is 0.400 e. The summed E-state index contributed by atoms with van der Waals surface area (Å²) in [4.78, 5) is 7.45. The molecule has 6 nitrogen and oxygen atoms in total. The van der Waals surface area contributed by atoms with Crippen molar-refractivity contribution in [2.75, 3.05) is 0 Å². The molecule has 2 atom stereocenters. The van der Waals surface area contributed by atoms with Gasteiger partial charge in [-0.15, -0.1) is 0 Å². The molecule has 0 aliphatic rings. The van der Waals surface area contributed by atoms with Gasteiger partial charge < -0.3 is 10.2 Å². The van der Waals surface area contributed by atoms with Crippen molar-refractivity contribution in [2.45, 2.75) is 39.0 Å². The van der Waals surface area contributed by atoms with Gasteiger partial charge in [0.05, 0.1) is 6.04 Å². The van der Waals surface area contributed by atoms with E-state index in [0.29, 0.717) is 6.54 Å². The number of aliphatic imine (C=N–C) groups is 1. The molecule has 0 amide bonds. The third-order valence-corrected chi connectivity index (χ3v) is 6.07. The van der Waals surface area contributed by atoms with Crippen LogP contribution in [0.5, 0.6) is 0 Å². The molecular weight excluding hydrogens is 448 g/mol. The monoisotopic (exact) mass is 480 g/mol. The quantitative estimate of drug-likeness (QED) is 0.219. The first-order chi connectivity index (χ1) is 17.5. The fourth-order valence-corrected chi connectivity index (χ4v) is 4.02. The third kappa shape index (κ3) is 6.85. The molecule has 2 N–H and O–H groups in total. The molecule has 0 aliphatic heterocycles. The largest absolute Gasteiger partial charge is 0.858 e. The Bertz CT molecular complexity index is 1200. The zero-order valence-electron chi connectivity index (χ0n) is 20.7. The first-order valence-corrected chi connectivity index (χ1v) is 12.1. The van der Waals surface area contributed by atoms with Crippen molar-refractivity contribution in [2.24, 2.45) is 4.99 Å². The average Bonchev–Trinajstić information content (AvgIpc) is 2.90. The highest BCUT2D eigenvalue weighted by Crippen LogP contribution is 2.16. The zero-order valence-corrected chi connectivity index (χ0v) is 20.7. The maximum atomic E-state index is 12.4. The molecule has 0 saturated carbocycles. The van der Waals surface area contributed by atoms with Gasteiger partial charge in [0.15, 0.2) is 37.4 Å². The van der Waals surface area contributed by atoms with Crippen LogP contribution in [-0.4, -0.2) is 16.9 Å². The van der Waals surface area contributed by atoms with Crippen molar-refractivity contribution in [3.63, 3.8) is 0 Å². The minimum atomic E-state index is -0.164. The van der Waals surface area contributed by atoms with Crippen LogP contribution in [0.1, 0.15) is 37.1 Å². The molecule has 6 heteroatoms. The number of nitrogens with one attached hydrogen (secondary N) is 1. The Kier molecular flexibility index (Phi) is 8.19. The van der Waals surface area contributed by atoms with E-state index in [9.17, 15) is 10.2 Å². The molecule has 0 fully saturated rings. The van der Waals surface area contributed by atoms with Crippen LogP contribution in [0.3, 0.4) is 0 Å². The summed E-state index contributed by atoms with van der Waals surface area (Å²) in [5, 5.41) is 22.8. The molecule has 0 spiro atoms. The van der Waals surface area contributed by atoms with E-state index >= 15 is 0 Å². The van der Waals surface area contributed by atoms with E-state index in [4.69, 9.17) is 0 Å². The minimum absolute atomic E-state index is 0.0170. The molecule has 0 radical (unpaired) electrons. The first-order valence-electron chi connectivity index (χ1n) is 12.1. The van der Waals surface area contributed by atoms with Crippen molar-refractivity contribution < 1.29 is 24.3 Å². The Hall–Kier alpha value is -4.32. The van der Waals surface area contributed by atoms with Crippen molar-refractivity contribution in [1.29, 1.82) is 0 Å². The molecule has 0 bridgehead atoms. The van der Waals surface area contributed by atoms with Crippen molar-refractivity contribution in [3.8, 4) is 11.1 Å². The van der Waals surface area contributed by atoms with Gasteiger partial charge in [-0.25, -0.2) is 9.56 Å². The Morgan fingerprint density at radius 3 is 1.75 bits per heavy atom. The number of benzene rings is 2. The van der Waals surface area contributed by atoms with Gasteiger partial charge in [-0.3, -0.25) is 4.99 Å². The maximum absolute atomic E-state index is 12.4. The lowest BCUT2D eigenvalue weighted by molar-refractivity contribution is -0.691. The normalized spacial score (nSPS) is 13.8. The summed E-state index contributed by atoms with van der Waals surface area (Å²) in [6.45, 7) is 4.52. The number of hydrogen-bond acceptors (Lipinski definition) is 2. The van der Waals surface area contributed by atoms with Gasteiger partial charge in [0.2, 0.25) is 0 Å². The minimum Gasteiger partial charge on any atom is -0.858 e. The maximum Gasteiger partial charge on any atom is 0.400 e. The van der Waals surface area contributed by atoms with Crippen LogP contribution in [0.25, 0.3) is 11.1 Å². The molecule has 182 valence electrons. The fraction of sp³-hybridized carbons (Fsp3) is 0.200. The van der Waals surface area contributed by atoms with Crippen LogP contribution in [0.15, 0.2) is 115 Å². The number of nitrogens with zero attached hydrogens (tertiary/aromatic N) is 3. The summed E-state index contributed by atoms with van der Waals surface area (Å²) < 4.78 is 3.75. The molecule has 2 aromatic heterocycles. The number of rotatable bonds is 9. The number of hydrogen-bond donors (Lipinski definition) is 2. The summed E-state index contributed by atoms with van der Waals surface area (Å²) in [7, 11) is 0. The van der Waals surface area contributed by atoms with E-state index in [2.05, 4.69) is 9.98 Å². The standard InChI is InChI=1S/C30H30N4O2/c1-23(25-9-5-3-6-10-25)31-29(35)21-33-17-13-27(14-18-33)28-15-19-34(20-16-28)22-30(36)32-24(2)26-11-7-4-8-12-26/h3-20,23-24H,21-22H2,1-2H3/p+2/t23-,24+. The van der Waals surface area contributed by atoms with Crippen LogP contribution in [0, 0.1) is 0 Å². The first kappa shape index (κ1) is 24.8. The van der Waals surface area contributed by atoms with Crippen LogP contribution in [0.2, 0.25) is 0 Å². The molecule has 2 heterocycles. The summed E-state index contributed by atoms with van der Waals surface area (Å²) in [6, 6.07) is 27.7. The highest BCUT2D eigenvalue weighted by Gasteiger charge is 2.16. The zero-order chi connectivity index (χ0) is 25.3. The highest BCUT2D eigenvalue weighted by molar-refractivity contribution is 5.70. The fourth-order valence-electron chi connectivity index (χ4n) is 4.02. The molecule has 0 aliphatic carbocycles. The summed E-state index contributed by atoms with van der Waals surface area (Å²) in [6.07, 6.45) is 7.67. The van der Waals surface area contributed by atoms with E-state index in [1.54, 1.807) is 0 Å². The lowest BCUT2D eigenvalue weighted by Gasteiger charge is -2.12. The Morgan fingerprint density at radius 1 is 0.750 bits per heavy atom. The second-order valence-corrected chi connectivity index (χ2v) is 8.85. The number of aliphatic hydroxyl groups is 1. The molecule has 4 aromatic rings. The van der Waals surface area contributed by atoms with Gasteiger partial charge in [0, 0.05) is 42.7 Å². The van der Waals surface area contributed by atoms with Crippen LogP contribution >= 0.6 is 0 Å². The molecular formula is C30H32N4O2+2. The Morgan fingerprint density at radius 2 is 1.22 bits per heavy atom. The highest BCUT2D eigenvalue weighted by atomic mass is 16.3. The van der Waals surface area contributed by atoms with E-state index in [0.717, 1.165) is 22.3 Å². The van der Waals surface area contributed by atoms with E-state index in [1.165, 1.54) is 0 Å². The van der Waals surface area contributed by atoms with Gasteiger partial charge in [-0.1, -0.05) is 60.7 Å². The van der Waals surface area contributed by atoms with Crippen molar-refractivity contribution in [3.05, 3.63) is 121 Å². The van der Waals surface area contributed by atoms with Crippen LogP contribution < -0.4 is 19.2 Å². The number of aromatic nitrogens is 2. The van der Waals surface area contributed by atoms with E-state index < -0.39 is 0 Å². The number of aliphatic hydroxyl groups excluding tert-OH is 1. The second kappa shape index (κ2) is 11.9. The third-order valence-electron chi connectivity index (χ3n) is 6.07. The Balaban J connectivity index is 1.35. The topological polar surface area (TPSA) is 77.4 Å². The van der Waals surface area contributed by atoms with Gasteiger partial charge in [0.1, 0.15) is 0 Å². The van der Waals surface area contributed by atoms with Gasteiger partial charge in [-0.2, -0.15) is 4.57 Å². The van der Waals surface area contributed by atoms with E-state index in [-0.39, 0.29) is 30.4 Å².